The third-order valence-electron chi connectivity index (χ3n) is 3.43. The molecule has 3 N–H and O–H groups in total. The molecular formula is C15H21N3O2S. The highest BCUT2D eigenvalue weighted by molar-refractivity contribution is 7.11. The van der Waals surface area contributed by atoms with Crippen LogP contribution in [0, 0.1) is 13.8 Å². The second-order valence-electron chi connectivity index (χ2n) is 4.82. The first kappa shape index (κ1) is 15.8. The van der Waals surface area contributed by atoms with Gasteiger partial charge in [0.2, 0.25) is 0 Å². The van der Waals surface area contributed by atoms with Crippen LogP contribution < -0.4 is 20.7 Å². The lowest BCUT2D eigenvalue weighted by Gasteiger charge is -2.17. The summed E-state index contributed by atoms with van der Waals surface area (Å²) in [7, 11) is 3.27. The van der Waals surface area contributed by atoms with E-state index in [0.717, 1.165) is 34.2 Å². The molecule has 21 heavy (non-hydrogen) atoms. The highest BCUT2D eigenvalue weighted by atomic mass is 32.1. The van der Waals surface area contributed by atoms with Gasteiger partial charge in [0.05, 0.1) is 31.0 Å². The molecule has 0 spiro atoms. The Morgan fingerprint density at radius 1 is 1.19 bits per heavy atom. The van der Waals surface area contributed by atoms with Gasteiger partial charge < -0.3 is 9.47 Å². The van der Waals surface area contributed by atoms with Crippen molar-refractivity contribution in [3.05, 3.63) is 39.3 Å². The van der Waals surface area contributed by atoms with Crippen LogP contribution >= 0.6 is 11.3 Å². The zero-order chi connectivity index (χ0) is 15.4. The van der Waals surface area contributed by atoms with Gasteiger partial charge in [-0.2, -0.15) is 0 Å². The van der Waals surface area contributed by atoms with Crippen LogP contribution in [-0.2, 0) is 6.42 Å². The summed E-state index contributed by atoms with van der Waals surface area (Å²) in [5.74, 6) is 7.22. The maximum atomic E-state index is 5.73. The van der Waals surface area contributed by atoms with E-state index >= 15 is 0 Å². The molecule has 1 heterocycles. The molecule has 0 bridgehead atoms. The van der Waals surface area contributed by atoms with Gasteiger partial charge in [-0.05, 0) is 31.5 Å². The van der Waals surface area contributed by atoms with Gasteiger partial charge in [-0.15, -0.1) is 11.3 Å². The topological polar surface area (TPSA) is 69.4 Å². The van der Waals surface area contributed by atoms with Gasteiger partial charge in [0.1, 0.15) is 11.5 Å². The van der Waals surface area contributed by atoms with Crippen molar-refractivity contribution in [1.29, 1.82) is 0 Å². The molecule has 1 unspecified atom stereocenters. The predicted molar refractivity (Wildman–Crippen MR) is 84.9 cm³/mol. The Kier molecular flexibility index (Phi) is 5.17. The van der Waals surface area contributed by atoms with Crippen molar-refractivity contribution < 1.29 is 9.47 Å². The zero-order valence-electron chi connectivity index (χ0n) is 12.8. The molecule has 1 aromatic carbocycles. The molecular weight excluding hydrogens is 286 g/mol. The number of benzene rings is 1. The predicted octanol–water partition coefficient (Wildman–Crippen LogP) is 2.52. The number of hydrazine groups is 1. The summed E-state index contributed by atoms with van der Waals surface area (Å²) in [4.78, 5) is 5.81. The van der Waals surface area contributed by atoms with Crippen LogP contribution in [0.4, 0.5) is 0 Å². The van der Waals surface area contributed by atoms with Crippen LogP contribution in [0.15, 0.2) is 18.2 Å². The SMILES string of the molecule is COc1cc(OC)cc(C(Cc2nc(C)c(C)s2)NN)c1. The second kappa shape index (κ2) is 6.89. The van der Waals surface area contributed by atoms with Crippen molar-refractivity contribution in [3.63, 3.8) is 0 Å². The number of hydrogen-bond donors (Lipinski definition) is 2. The van der Waals surface area contributed by atoms with E-state index in [-0.39, 0.29) is 6.04 Å². The van der Waals surface area contributed by atoms with Gasteiger partial charge in [0.15, 0.2) is 0 Å². The number of aryl methyl sites for hydroxylation is 2. The Morgan fingerprint density at radius 3 is 2.24 bits per heavy atom. The van der Waals surface area contributed by atoms with Gasteiger partial charge >= 0.3 is 0 Å². The first-order valence-corrected chi connectivity index (χ1v) is 7.51. The molecule has 0 saturated carbocycles. The van der Waals surface area contributed by atoms with E-state index in [2.05, 4.69) is 17.3 Å². The smallest absolute Gasteiger partial charge is 0.122 e. The molecule has 2 aromatic rings. The van der Waals surface area contributed by atoms with E-state index < -0.39 is 0 Å². The molecule has 0 aliphatic heterocycles. The first-order chi connectivity index (χ1) is 10.1. The summed E-state index contributed by atoms with van der Waals surface area (Å²) >= 11 is 1.70. The number of nitrogens with one attached hydrogen (secondary N) is 1. The fourth-order valence-electron chi connectivity index (χ4n) is 2.10. The van der Waals surface area contributed by atoms with Crippen molar-refractivity contribution in [2.45, 2.75) is 26.3 Å². The molecule has 0 aliphatic rings. The average Bonchev–Trinajstić information content (AvgIpc) is 2.82. The second-order valence-corrected chi connectivity index (χ2v) is 6.11. The van der Waals surface area contributed by atoms with Gasteiger partial charge in [-0.3, -0.25) is 11.3 Å². The van der Waals surface area contributed by atoms with E-state index in [1.54, 1.807) is 25.6 Å². The maximum absolute atomic E-state index is 5.73. The largest absolute Gasteiger partial charge is 0.497 e. The molecule has 1 aromatic heterocycles. The molecule has 1 atom stereocenters. The highest BCUT2D eigenvalue weighted by Crippen LogP contribution is 2.29. The third-order valence-corrected chi connectivity index (χ3v) is 4.52. The van der Waals surface area contributed by atoms with E-state index in [0.29, 0.717) is 0 Å². The lowest BCUT2D eigenvalue weighted by Crippen LogP contribution is -2.29. The summed E-state index contributed by atoms with van der Waals surface area (Å²) in [5.41, 5.74) is 4.94. The van der Waals surface area contributed by atoms with Crippen LogP contribution in [0.3, 0.4) is 0 Å². The minimum Gasteiger partial charge on any atom is -0.497 e. The molecule has 0 radical (unpaired) electrons. The minimum atomic E-state index is -0.0426. The minimum absolute atomic E-state index is 0.0426. The Hall–Kier alpha value is -1.63. The monoisotopic (exact) mass is 307 g/mol. The summed E-state index contributed by atoms with van der Waals surface area (Å²) in [6.07, 6.45) is 0.728. The number of ether oxygens (including phenoxy) is 2. The molecule has 0 amide bonds. The molecule has 0 aliphatic carbocycles. The quantitative estimate of drug-likeness (QED) is 0.634. The van der Waals surface area contributed by atoms with Crippen LogP contribution in [0.25, 0.3) is 0 Å². The number of nitrogens with zero attached hydrogens (tertiary/aromatic N) is 1. The fourth-order valence-corrected chi connectivity index (χ4v) is 3.08. The molecule has 114 valence electrons. The lowest BCUT2D eigenvalue weighted by atomic mass is 10.0. The average molecular weight is 307 g/mol. The van der Waals surface area contributed by atoms with Crippen LogP contribution in [0.1, 0.15) is 27.2 Å². The normalized spacial score (nSPS) is 12.2. The van der Waals surface area contributed by atoms with Gasteiger partial charge in [0, 0.05) is 17.4 Å². The van der Waals surface area contributed by atoms with E-state index in [4.69, 9.17) is 15.3 Å². The number of rotatable bonds is 6. The summed E-state index contributed by atoms with van der Waals surface area (Å²) < 4.78 is 10.6. The molecule has 6 heteroatoms. The lowest BCUT2D eigenvalue weighted by molar-refractivity contribution is 0.391. The van der Waals surface area contributed by atoms with Crippen molar-refractivity contribution >= 4 is 11.3 Å². The summed E-state index contributed by atoms with van der Waals surface area (Å²) in [6, 6.07) is 5.72. The van der Waals surface area contributed by atoms with Gasteiger partial charge in [0.25, 0.3) is 0 Å². The van der Waals surface area contributed by atoms with Crippen LogP contribution in [0.2, 0.25) is 0 Å². The van der Waals surface area contributed by atoms with Crippen molar-refractivity contribution in [1.82, 2.24) is 10.4 Å². The Bertz CT molecular complexity index is 571. The van der Waals surface area contributed by atoms with Crippen molar-refractivity contribution in [2.24, 2.45) is 5.84 Å². The van der Waals surface area contributed by atoms with E-state index in [1.165, 1.54) is 4.88 Å². The van der Waals surface area contributed by atoms with E-state index in [1.807, 2.05) is 25.1 Å². The number of hydrogen-bond acceptors (Lipinski definition) is 6. The number of thiazole rings is 1. The number of nitrogens with two attached hydrogens (primary N) is 1. The van der Waals surface area contributed by atoms with Gasteiger partial charge in [-0.1, -0.05) is 0 Å². The Morgan fingerprint density at radius 2 is 1.81 bits per heavy atom. The van der Waals surface area contributed by atoms with Gasteiger partial charge in [-0.25, -0.2) is 4.98 Å². The van der Waals surface area contributed by atoms with Crippen LogP contribution in [0.5, 0.6) is 11.5 Å². The third kappa shape index (κ3) is 3.72. The molecule has 0 saturated heterocycles. The zero-order valence-corrected chi connectivity index (χ0v) is 13.6. The van der Waals surface area contributed by atoms with E-state index in [9.17, 15) is 0 Å². The summed E-state index contributed by atoms with van der Waals surface area (Å²) in [6.45, 7) is 4.10. The van der Waals surface area contributed by atoms with Crippen LogP contribution in [-0.4, -0.2) is 19.2 Å². The standard InChI is InChI=1S/C15H21N3O2S/c1-9-10(2)21-15(17-9)8-14(18-16)11-5-12(19-3)7-13(6-11)20-4/h5-7,14,18H,8,16H2,1-4H3. The fraction of sp³-hybridized carbons (Fsp3) is 0.400. The molecule has 2 rings (SSSR count). The van der Waals surface area contributed by atoms with Crippen molar-refractivity contribution in [2.75, 3.05) is 14.2 Å². The number of methoxy groups -OCH3 is 2. The number of aromatic nitrogens is 1. The summed E-state index contributed by atoms with van der Waals surface area (Å²) in [5, 5.41) is 1.06. The maximum Gasteiger partial charge on any atom is 0.122 e. The molecule has 5 nitrogen and oxygen atoms in total. The first-order valence-electron chi connectivity index (χ1n) is 6.69. The van der Waals surface area contributed by atoms with Crippen molar-refractivity contribution in [3.8, 4) is 11.5 Å². The molecule has 0 fully saturated rings. The highest BCUT2D eigenvalue weighted by Gasteiger charge is 2.16. The Labute approximate surface area is 129 Å². The Balaban J connectivity index is 2.27.